The Labute approximate surface area is 76.4 Å². The third-order valence-electron chi connectivity index (χ3n) is 2.46. The van der Waals surface area contributed by atoms with Crippen LogP contribution in [0.3, 0.4) is 0 Å². The number of hydrogen-bond donors (Lipinski definition) is 0. The molecule has 0 spiro atoms. The first-order valence-electron chi connectivity index (χ1n) is 4.28. The van der Waals surface area contributed by atoms with Crippen molar-refractivity contribution in [2.45, 2.75) is 20.3 Å². The van der Waals surface area contributed by atoms with Gasteiger partial charge in [-0.05, 0) is 25.3 Å². The molecule has 1 heterocycles. The second-order valence-electron chi connectivity index (χ2n) is 3.63. The number of aryl methyl sites for hydroxylation is 1. The van der Waals surface area contributed by atoms with Crippen LogP contribution in [0.5, 0.6) is 0 Å². The summed E-state index contributed by atoms with van der Waals surface area (Å²) in [6, 6.07) is 2.00. The van der Waals surface area contributed by atoms with Crippen LogP contribution in [0.15, 0.2) is 11.4 Å². The van der Waals surface area contributed by atoms with E-state index in [0.29, 0.717) is 17.6 Å². The average Bonchev–Trinajstić information content (AvgIpc) is 2.58. The highest BCUT2D eigenvalue weighted by molar-refractivity contribution is 7.10. The van der Waals surface area contributed by atoms with Crippen LogP contribution in [0.2, 0.25) is 0 Å². The highest BCUT2D eigenvalue weighted by atomic mass is 32.1. The monoisotopic (exact) mass is 180 g/mol. The van der Waals surface area contributed by atoms with E-state index in [4.69, 9.17) is 0 Å². The molecule has 1 aliphatic rings. The van der Waals surface area contributed by atoms with E-state index < -0.39 is 0 Å². The Balaban J connectivity index is 2.15. The molecule has 0 N–H and O–H groups in total. The second kappa shape index (κ2) is 2.70. The molecular formula is C10H12OS. The van der Waals surface area contributed by atoms with Gasteiger partial charge in [0.2, 0.25) is 0 Å². The molecule has 0 aliphatic heterocycles. The molecule has 1 saturated carbocycles. The van der Waals surface area contributed by atoms with Crippen LogP contribution in [0.25, 0.3) is 0 Å². The molecule has 64 valence electrons. The van der Waals surface area contributed by atoms with Gasteiger partial charge >= 0.3 is 0 Å². The van der Waals surface area contributed by atoms with Crippen molar-refractivity contribution in [1.29, 1.82) is 0 Å². The molecule has 1 aromatic rings. The topological polar surface area (TPSA) is 17.1 Å². The van der Waals surface area contributed by atoms with Crippen molar-refractivity contribution in [2.75, 3.05) is 0 Å². The Hall–Kier alpha value is -0.630. The van der Waals surface area contributed by atoms with E-state index in [2.05, 4.69) is 6.92 Å². The predicted molar refractivity (Wildman–Crippen MR) is 50.7 cm³/mol. The number of Topliss-reactive ketones (excluding diaryl/α,β-unsaturated/α-hetero) is 1. The molecule has 2 unspecified atom stereocenters. The van der Waals surface area contributed by atoms with Crippen LogP contribution < -0.4 is 0 Å². The summed E-state index contributed by atoms with van der Waals surface area (Å²) in [4.78, 5) is 12.9. The number of thiophene rings is 1. The lowest BCUT2D eigenvalue weighted by Crippen LogP contribution is -2.00. The minimum Gasteiger partial charge on any atom is -0.294 e. The summed E-state index contributed by atoms with van der Waals surface area (Å²) in [5, 5.41) is 1.97. The third kappa shape index (κ3) is 1.31. The van der Waals surface area contributed by atoms with E-state index in [-0.39, 0.29) is 0 Å². The first kappa shape index (κ1) is 7.99. The van der Waals surface area contributed by atoms with E-state index in [1.807, 2.05) is 18.4 Å². The highest BCUT2D eigenvalue weighted by Crippen LogP contribution is 2.40. The normalized spacial score (nSPS) is 27.2. The molecule has 0 radical (unpaired) electrons. The first-order valence-corrected chi connectivity index (χ1v) is 5.16. The molecule has 2 atom stereocenters. The van der Waals surface area contributed by atoms with E-state index >= 15 is 0 Å². The standard InChI is InChI=1S/C10H12OS/c1-6-3-9(6)10(11)8-4-7(2)12-5-8/h4-6,9H,3H2,1-2H3. The van der Waals surface area contributed by atoms with E-state index in [1.165, 1.54) is 4.88 Å². The summed E-state index contributed by atoms with van der Waals surface area (Å²) in [5.41, 5.74) is 0.923. The molecule has 0 bridgehead atoms. The first-order chi connectivity index (χ1) is 5.68. The van der Waals surface area contributed by atoms with Crippen molar-refractivity contribution >= 4 is 17.1 Å². The molecule has 0 amide bonds. The second-order valence-corrected chi connectivity index (χ2v) is 4.75. The molecule has 0 aromatic carbocycles. The summed E-state index contributed by atoms with van der Waals surface area (Å²) < 4.78 is 0. The van der Waals surface area contributed by atoms with Crippen LogP contribution in [0.1, 0.15) is 28.6 Å². The van der Waals surface area contributed by atoms with Gasteiger partial charge in [-0.1, -0.05) is 6.92 Å². The lowest BCUT2D eigenvalue weighted by Gasteiger charge is -1.92. The smallest absolute Gasteiger partial charge is 0.167 e. The molecule has 12 heavy (non-hydrogen) atoms. The molecular weight excluding hydrogens is 168 g/mol. The van der Waals surface area contributed by atoms with Gasteiger partial charge in [-0.3, -0.25) is 4.79 Å². The zero-order valence-electron chi connectivity index (χ0n) is 7.33. The fourth-order valence-electron chi connectivity index (χ4n) is 1.47. The highest BCUT2D eigenvalue weighted by Gasteiger charge is 2.39. The van der Waals surface area contributed by atoms with Gasteiger partial charge in [0.05, 0.1) is 0 Å². The number of hydrogen-bond acceptors (Lipinski definition) is 2. The summed E-state index contributed by atoms with van der Waals surface area (Å²) in [7, 11) is 0. The summed E-state index contributed by atoms with van der Waals surface area (Å²) >= 11 is 1.66. The largest absolute Gasteiger partial charge is 0.294 e. The third-order valence-corrected chi connectivity index (χ3v) is 3.32. The van der Waals surface area contributed by atoms with Crippen LogP contribution in [-0.4, -0.2) is 5.78 Å². The molecule has 2 rings (SSSR count). The fourth-order valence-corrected chi connectivity index (χ4v) is 2.17. The lowest BCUT2D eigenvalue weighted by molar-refractivity contribution is 0.0963. The molecule has 1 fully saturated rings. The van der Waals surface area contributed by atoms with Gasteiger partial charge in [-0.25, -0.2) is 0 Å². The van der Waals surface area contributed by atoms with Crippen molar-refractivity contribution in [2.24, 2.45) is 11.8 Å². The van der Waals surface area contributed by atoms with Crippen molar-refractivity contribution in [1.82, 2.24) is 0 Å². The molecule has 0 saturated heterocycles. The minimum absolute atomic E-state index is 0.332. The van der Waals surface area contributed by atoms with Gasteiger partial charge < -0.3 is 0 Å². The maximum absolute atomic E-state index is 11.6. The molecule has 1 aromatic heterocycles. The minimum atomic E-state index is 0.332. The maximum atomic E-state index is 11.6. The Bertz CT molecular complexity index is 313. The van der Waals surface area contributed by atoms with Gasteiger partial charge in [-0.2, -0.15) is 0 Å². The number of rotatable bonds is 2. The molecule has 1 nitrogen and oxygen atoms in total. The molecule has 1 aliphatic carbocycles. The van der Waals surface area contributed by atoms with Gasteiger partial charge in [0.15, 0.2) is 5.78 Å². The Morgan fingerprint density at radius 1 is 1.67 bits per heavy atom. The average molecular weight is 180 g/mol. The Kier molecular flexibility index (Phi) is 1.80. The van der Waals surface area contributed by atoms with E-state index in [9.17, 15) is 4.79 Å². The number of carbonyl (C=O) groups is 1. The van der Waals surface area contributed by atoms with Crippen molar-refractivity contribution in [3.8, 4) is 0 Å². The predicted octanol–water partition coefficient (Wildman–Crippen LogP) is 2.90. The van der Waals surface area contributed by atoms with Crippen LogP contribution in [0, 0.1) is 18.8 Å². The van der Waals surface area contributed by atoms with Crippen LogP contribution in [0.4, 0.5) is 0 Å². The summed E-state index contributed by atoms with van der Waals surface area (Å²) in [6.07, 6.45) is 1.09. The van der Waals surface area contributed by atoms with E-state index in [1.54, 1.807) is 11.3 Å². The van der Waals surface area contributed by atoms with Crippen LogP contribution in [-0.2, 0) is 0 Å². The molecule has 2 heteroatoms. The zero-order chi connectivity index (χ0) is 8.72. The number of carbonyl (C=O) groups excluding carboxylic acids is 1. The van der Waals surface area contributed by atoms with E-state index in [0.717, 1.165) is 12.0 Å². The summed E-state index contributed by atoms with van der Waals surface area (Å²) in [5.74, 6) is 1.31. The van der Waals surface area contributed by atoms with Crippen LogP contribution >= 0.6 is 11.3 Å². The maximum Gasteiger partial charge on any atom is 0.167 e. The van der Waals surface area contributed by atoms with Crippen molar-refractivity contribution < 1.29 is 4.79 Å². The number of ketones is 1. The van der Waals surface area contributed by atoms with Crippen molar-refractivity contribution in [3.05, 3.63) is 21.9 Å². The Morgan fingerprint density at radius 2 is 2.33 bits per heavy atom. The lowest BCUT2D eigenvalue weighted by atomic mass is 10.1. The SMILES string of the molecule is Cc1cc(C(=O)C2CC2C)cs1. The van der Waals surface area contributed by atoms with Gasteiger partial charge in [-0.15, -0.1) is 11.3 Å². The zero-order valence-corrected chi connectivity index (χ0v) is 8.15. The van der Waals surface area contributed by atoms with Gasteiger partial charge in [0, 0.05) is 21.7 Å². The quantitative estimate of drug-likeness (QED) is 0.639. The summed E-state index contributed by atoms with van der Waals surface area (Å²) in [6.45, 7) is 4.18. The van der Waals surface area contributed by atoms with Gasteiger partial charge in [0.25, 0.3) is 0 Å². The van der Waals surface area contributed by atoms with Crippen molar-refractivity contribution in [3.63, 3.8) is 0 Å². The van der Waals surface area contributed by atoms with Gasteiger partial charge in [0.1, 0.15) is 0 Å². The fraction of sp³-hybridized carbons (Fsp3) is 0.500. The Morgan fingerprint density at radius 3 is 2.75 bits per heavy atom.